The number of hydrogen-bond acceptors (Lipinski definition) is 4. The molecule has 1 aliphatic rings. The smallest absolute Gasteiger partial charge is 0.121 e. The molecule has 1 aromatic rings. The highest BCUT2D eigenvalue weighted by molar-refractivity contribution is 8.07. The third-order valence-corrected chi connectivity index (χ3v) is 6.71. The summed E-state index contributed by atoms with van der Waals surface area (Å²) in [7, 11) is 0. The molecular formula is C13H21NOS2. The summed E-state index contributed by atoms with van der Waals surface area (Å²) >= 11 is 4.18. The Labute approximate surface area is 112 Å². The van der Waals surface area contributed by atoms with Crippen molar-refractivity contribution < 1.29 is 4.42 Å². The van der Waals surface area contributed by atoms with Crippen LogP contribution in [0.3, 0.4) is 0 Å². The summed E-state index contributed by atoms with van der Waals surface area (Å²) < 4.78 is 5.58. The third-order valence-electron chi connectivity index (χ3n) is 3.22. The first-order chi connectivity index (χ1) is 8.22. The van der Waals surface area contributed by atoms with Crippen molar-refractivity contribution in [2.45, 2.75) is 42.6 Å². The molecule has 1 N–H and O–H groups in total. The zero-order chi connectivity index (χ0) is 12.3. The topological polar surface area (TPSA) is 25.2 Å². The zero-order valence-electron chi connectivity index (χ0n) is 10.7. The van der Waals surface area contributed by atoms with Crippen LogP contribution in [-0.2, 0) is 0 Å². The summed E-state index contributed by atoms with van der Waals surface area (Å²) in [6.45, 7) is 7.80. The molecular weight excluding hydrogens is 250 g/mol. The van der Waals surface area contributed by atoms with Gasteiger partial charge < -0.3 is 9.73 Å². The quantitative estimate of drug-likeness (QED) is 0.905. The molecule has 0 radical (unpaired) electrons. The van der Waals surface area contributed by atoms with Crippen LogP contribution < -0.4 is 5.32 Å². The molecule has 0 aromatic carbocycles. The van der Waals surface area contributed by atoms with Gasteiger partial charge in [0.2, 0.25) is 0 Å². The molecule has 0 aliphatic carbocycles. The molecule has 1 aliphatic heterocycles. The lowest BCUT2D eigenvalue weighted by Gasteiger charge is -2.35. The van der Waals surface area contributed by atoms with Crippen LogP contribution in [0.2, 0.25) is 0 Å². The van der Waals surface area contributed by atoms with Gasteiger partial charge in [-0.3, -0.25) is 0 Å². The standard InChI is InChI=1S/C13H21NOS2/c1-4-14-13(11-6-5-7-15-11)12-8-16-9(2)10(3)17-12/h5-7,9-10,12-14H,4,8H2,1-3H3. The lowest BCUT2D eigenvalue weighted by molar-refractivity contribution is 0.416. The minimum absolute atomic E-state index is 0.349. The molecule has 4 atom stereocenters. The predicted octanol–water partition coefficient (Wildman–Crippen LogP) is 3.56. The van der Waals surface area contributed by atoms with Crippen LogP contribution in [0.4, 0.5) is 0 Å². The van der Waals surface area contributed by atoms with Gasteiger partial charge in [0.15, 0.2) is 0 Å². The fraction of sp³-hybridized carbons (Fsp3) is 0.692. The predicted molar refractivity (Wildman–Crippen MR) is 77.9 cm³/mol. The van der Waals surface area contributed by atoms with Crippen molar-refractivity contribution in [3.8, 4) is 0 Å². The fourth-order valence-electron chi connectivity index (χ4n) is 2.09. The monoisotopic (exact) mass is 271 g/mol. The molecule has 4 unspecified atom stereocenters. The average Bonchev–Trinajstić information content (AvgIpc) is 2.83. The van der Waals surface area contributed by atoms with E-state index < -0.39 is 0 Å². The maximum atomic E-state index is 5.58. The Balaban J connectivity index is 2.06. The number of nitrogens with one attached hydrogen (secondary N) is 1. The van der Waals surface area contributed by atoms with Crippen molar-refractivity contribution in [1.82, 2.24) is 5.32 Å². The first-order valence-electron chi connectivity index (χ1n) is 6.26. The van der Waals surface area contributed by atoms with E-state index in [1.54, 1.807) is 6.26 Å². The number of thioether (sulfide) groups is 2. The van der Waals surface area contributed by atoms with Gasteiger partial charge in [-0.15, -0.1) is 0 Å². The van der Waals surface area contributed by atoms with E-state index in [2.05, 4.69) is 55.7 Å². The zero-order valence-corrected chi connectivity index (χ0v) is 12.3. The van der Waals surface area contributed by atoms with E-state index in [-0.39, 0.29) is 0 Å². The highest BCUT2D eigenvalue weighted by atomic mass is 32.2. The largest absolute Gasteiger partial charge is 0.468 e. The van der Waals surface area contributed by atoms with E-state index in [4.69, 9.17) is 4.42 Å². The van der Waals surface area contributed by atoms with Crippen LogP contribution in [0.15, 0.2) is 22.8 Å². The molecule has 2 nitrogen and oxygen atoms in total. The molecule has 96 valence electrons. The minimum Gasteiger partial charge on any atom is -0.468 e. The van der Waals surface area contributed by atoms with Crippen LogP contribution in [0.1, 0.15) is 32.6 Å². The number of rotatable bonds is 4. The van der Waals surface area contributed by atoms with Gasteiger partial charge in [-0.25, -0.2) is 0 Å². The highest BCUT2D eigenvalue weighted by Crippen LogP contribution is 2.41. The summed E-state index contributed by atoms with van der Waals surface area (Å²) in [5.74, 6) is 2.28. The van der Waals surface area contributed by atoms with Gasteiger partial charge in [-0.05, 0) is 18.7 Å². The normalized spacial score (nSPS) is 31.4. The Morgan fingerprint density at radius 1 is 1.47 bits per heavy atom. The minimum atomic E-state index is 0.349. The summed E-state index contributed by atoms with van der Waals surface area (Å²) in [4.78, 5) is 0. The van der Waals surface area contributed by atoms with Gasteiger partial charge in [0.1, 0.15) is 5.76 Å². The molecule has 0 saturated carbocycles. The number of hydrogen-bond donors (Lipinski definition) is 1. The van der Waals surface area contributed by atoms with Crippen LogP contribution >= 0.6 is 23.5 Å². The molecule has 0 spiro atoms. The van der Waals surface area contributed by atoms with Gasteiger partial charge in [0.25, 0.3) is 0 Å². The molecule has 0 bridgehead atoms. The highest BCUT2D eigenvalue weighted by Gasteiger charge is 2.32. The van der Waals surface area contributed by atoms with Gasteiger partial charge in [-0.1, -0.05) is 20.8 Å². The van der Waals surface area contributed by atoms with Crippen molar-refractivity contribution in [3.63, 3.8) is 0 Å². The van der Waals surface area contributed by atoms with E-state index in [1.165, 1.54) is 5.75 Å². The van der Waals surface area contributed by atoms with Crippen molar-refractivity contribution in [3.05, 3.63) is 24.2 Å². The second-order valence-corrected chi connectivity index (χ2v) is 7.50. The molecule has 1 saturated heterocycles. The lowest BCUT2D eigenvalue weighted by atomic mass is 10.1. The van der Waals surface area contributed by atoms with Gasteiger partial charge in [0.05, 0.1) is 12.3 Å². The van der Waals surface area contributed by atoms with Gasteiger partial charge >= 0.3 is 0 Å². The van der Waals surface area contributed by atoms with E-state index in [1.807, 2.05) is 6.07 Å². The van der Waals surface area contributed by atoms with Crippen molar-refractivity contribution in [1.29, 1.82) is 0 Å². The molecule has 17 heavy (non-hydrogen) atoms. The Morgan fingerprint density at radius 2 is 2.29 bits per heavy atom. The van der Waals surface area contributed by atoms with Crippen LogP contribution in [0.5, 0.6) is 0 Å². The van der Waals surface area contributed by atoms with E-state index in [0.29, 0.717) is 11.3 Å². The van der Waals surface area contributed by atoms with Crippen molar-refractivity contribution >= 4 is 23.5 Å². The number of furan rings is 1. The summed E-state index contributed by atoms with van der Waals surface area (Å²) in [5, 5.41) is 5.65. The first kappa shape index (κ1) is 13.4. The van der Waals surface area contributed by atoms with Crippen LogP contribution in [0.25, 0.3) is 0 Å². The van der Waals surface area contributed by atoms with Gasteiger partial charge in [0, 0.05) is 21.5 Å². The van der Waals surface area contributed by atoms with Crippen molar-refractivity contribution in [2.75, 3.05) is 12.3 Å². The maximum Gasteiger partial charge on any atom is 0.121 e. The lowest BCUT2D eigenvalue weighted by Crippen LogP contribution is -2.37. The van der Waals surface area contributed by atoms with Crippen LogP contribution in [0, 0.1) is 0 Å². The fourth-order valence-corrected chi connectivity index (χ4v) is 5.18. The Bertz CT molecular complexity index is 328. The molecule has 2 rings (SSSR count). The third kappa shape index (κ3) is 3.24. The van der Waals surface area contributed by atoms with Crippen LogP contribution in [-0.4, -0.2) is 28.0 Å². The first-order valence-corrected chi connectivity index (χ1v) is 8.25. The van der Waals surface area contributed by atoms with Crippen molar-refractivity contribution in [2.24, 2.45) is 0 Å². The Kier molecular flexibility index (Phi) is 4.88. The van der Waals surface area contributed by atoms with E-state index in [9.17, 15) is 0 Å². The summed E-state index contributed by atoms with van der Waals surface area (Å²) in [5.41, 5.74) is 0. The molecule has 1 fully saturated rings. The van der Waals surface area contributed by atoms with E-state index >= 15 is 0 Å². The van der Waals surface area contributed by atoms with Gasteiger partial charge in [-0.2, -0.15) is 23.5 Å². The second-order valence-electron chi connectivity index (χ2n) is 4.47. The molecule has 1 aromatic heterocycles. The Hall–Kier alpha value is -0.0600. The summed E-state index contributed by atoms with van der Waals surface area (Å²) in [6.07, 6.45) is 1.77. The molecule has 2 heterocycles. The molecule has 4 heteroatoms. The Morgan fingerprint density at radius 3 is 2.88 bits per heavy atom. The average molecular weight is 271 g/mol. The van der Waals surface area contributed by atoms with E-state index in [0.717, 1.165) is 22.8 Å². The maximum absolute atomic E-state index is 5.58. The summed E-state index contributed by atoms with van der Waals surface area (Å²) in [6, 6.07) is 4.41. The SMILES string of the molecule is CCNC(c1ccco1)C1CSC(C)C(C)S1. The second kappa shape index (κ2) is 6.21. The molecule has 0 amide bonds.